The molecular weight excluding hydrogens is 365 g/mol. The zero-order chi connectivity index (χ0) is 18.5. The van der Waals surface area contributed by atoms with Gasteiger partial charge in [-0.15, -0.1) is 11.3 Å². The molecular formula is C20H19FN3O2S+. The summed E-state index contributed by atoms with van der Waals surface area (Å²) in [5, 5.41) is 7.34. The Labute approximate surface area is 159 Å². The van der Waals surface area contributed by atoms with Crippen LogP contribution in [0.2, 0.25) is 0 Å². The minimum absolute atomic E-state index is 0.0504. The topological polar surface area (TPSA) is 58.7 Å². The van der Waals surface area contributed by atoms with Crippen molar-refractivity contribution in [2.75, 3.05) is 18.9 Å². The Morgan fingerprint density at radius 1 is 1.19 bits per heavy atom. The number of carbonyl (C=O) groups is 1. The van der Waals surface area contributed by atoms with Gasteiger partial charge >= 0.3 is 0 Å². The molecule has 0 fully saturated rings. The van der Waals surface area contributed by atoms with E-state index in [1.165, 1.54) is 27.5 Å². The highest BCUT2D eigenvalue weighted by atomic mass is 32.1. The Kier molecular flexibility index (Phi) is 3.80. The van der Waals surface area contributed by atoms with E-state index in [2.05, 4.69) is 17.7 Å². The summed E-state index contributed by atoms with van der Waals surface area (Å²) in [7, 11) is 2.18. The molecule has 0 spiro atoms. The molecule has 5 rings (SSSR count). The third kappa shape index (κ3) is 2.83. The molecule has 3 N–H and O–H groups in total. The van der Waals surface area contributed by atoms with E-state index in [1.807, 2.05) is 12.1 Å². The monoisotopic (exact) mass is 384 g/mol. The molecule has 0 saturated carbocycles. The van der Waals surface area contributed by atoms with Crippen molar-refractivity contribution in [1.29, 1.82) is 0 Å². The summed E-state index contributed by atoms with van der Waals surface area (Å²) in [6, 6.07) is 9.83. The molecule has 0 bridgehead atoms. The van der Waals surface area contributed by atoms with E-state index in [0.717, 1.165) is 35.6 Å². The van der Waals surface area contributed by atoms with Crippen molar-refractivity contribution in [2.45, 2.75) is 19.1 Å². The fourth-order valence-electron chi connectivity index (χ4n) is 3.75. The van der Waals surface area contributed by atoms with Crippen LogP contribution in [0.3, 0.4) is 0 Å². The summed E-state index contributed by atoms with van der Waals surface area (Å²) < 4.78 is 19.0. The van der Waals surface area contributed by atoms with Crippen LogP contribution in [0.25, 0.3) is 11.3 Å². The van der Waals surface area contributed by atoms with Gasteiger partial charge in [-0.25, -0.2) is 4.39 Å². The first-order valence-electron chi connectivity index (χ1n) is 8.97. The van der Waals surface area contributed by atoms with Gasteiger partial charge in [0.1, 0.15) is 28.9 Å². The number of furan rings is 1. The van der Waals surface area contributed by atoms with E-state index in [-0.39, 0.29) is 11.7 Å². The Hall–Kier alpha value is -2.64. The number of hydrogen-bond donors (Lipinski definition) is 3. The number of thiophene rings is 1. The van der Waals surface area contributed by atoms with Crippen molar-refractivity contribution >= 4 is 22.2 Å². The number of rotatable bonds is 2. The van der Waals surface area contributed by atoms with E-state index in [0.29, 0.717) is 11.5 Å². The summed E-state index contributed by atoms with van der Waals surface area (Å²) >= 11 is 1.67. The predicted molar refractivity (Wildman–Crippen MR) is 101 cm³/mol. The molecule has 0 radical (unpaired) electrons. The van der Waals surface area contributed by atoms with Gasteiger partial charge in [0.2, 0.25) is 0 Å². The highest BCUT2D eigenvalue weighted by Gasteiger charge is 2.34. The van der Waals surface area contributed by atoms with Crippen molar-refractivity contribution in [2.24, 2.45) is 0 Å². The predicted octanol–water partition coefficient (Wildman–Crippen LogP) is 2.57. The van der Waals surface area contributed by atoms with Crippen LogP contribution < -0.4 is 15.5 Å². The third-order valence-electron chi connectivity index (χ3n) is 5.17. The largest absolute Gasteiger partial charge is 0.457 e. The molecule has 2 atom stereocenters. The lowest BCUT2D eigenvalue weighted by atomic mass is 10.0. The minimum atomic E-state index is -0.413. The van der Waals surface area contributed by atoms with Crippen LogP contribution in [0, 0.1) is 5.82 Å². The first-order valence-corrected chi connectivity index (χ1v) is 9.79. The van der Waals surface area contributed by atoms with Gasteiger partial charge in [-0.2, -0.15) is 0 Å². The molecule has 1 amide bonds. The summed E-state index contributed by atoms with van der Waals surface area (Å²) in [5.74, 6) is 0.934. The molecule has 2 aliphatic heterocycles. The first kappa shape index (κ1) is 16.5. The summed E-state index contributed by atoms with van der Waals surface area (Å²) in [5.41, 5.74) is 2.78. The van der Waals surface area contributed by atoms with Gasteiger partial charge in [0.25, 0.3) is 5.91 Å². The number of halogens is 1. The Balaban J connectivity index is 1.44. The van der Waals surface area contributed by atoms with E-state index < -0.39 is 6.17 Å². The van der Waals surface area contributed by atoms with Gasteiger partial charge in [0, 0.05) is 12.0 Å². The minimum Gasteiger partial charge on any atom is -0.457 e. The van der Waals surface area contributed by atoms with Crippen LogP contribution in [0.4, 0.5) is 9.39 Å². The van der Waals surface area contributed by atoms with Gasteiger partial charge in [-0.3, -0.25) is 4.79 Å². The summed E-state index contributed by atoms with van der Waals surface area (Å²) in [6.07, 6.45) is 0.520. The quantitative estimate of drug-likeness (QED) is 0.637. The maximum atomic E-state index is 13.1. The lowest BCUT2D eigenvalue weighted by Crippen LogP contribution is -3.08. The second-order valence-corrected chi connectivity index (χ2v) is 8.21. The molecule has 27 heavy (non-hydrogen) atoms. The molecule has 2 aromatic heterocycles. The number of hydrogen-bond acceptors (Lipinski definition) is 4. The van der Waals surface area contributed by atoms with Gasteiger partial charge < -0.3 is 20.0 Å². The Morgan fingerprint density at radius 3 is 2.81 bits per heavy atom. The van der Waals surface area contributed by atoms with Crippen LogP contribution in [0.15, 0.2) is 40.8 Å². The van der Waals surface area contributed by atoms with Crippen molar-refractivity contribution in [3.05, 3.63) is 64.0 Å². The second kappa shape index (κ2) is 6.21. The number of fused-ring (bicyclic) bond motifs is 3. The van der Waals surface area contributed by atoms with Crippen LogP contribution >= 0.6 is 11.3 Å². The molecule has 3 aromatic rings. The zero-order valence-electron chi connectivity index (χ0n) is 14.8. The first-order chi connectivity index (χ1) is 13.1. The summed E-state index contributed by atoms with van der Waals surface area (Å²) in [6.45, 7) is 2.01. The molecule has 0 saturated heterocycles. The fourth-order valence-corrected chi connectivity index (χ4v) is 5.14. The number of quaternary nitrogens is 1. The Morgan fingerprint density at radius 2 is 2.00 bits per heavy atom. The number of likely N-dealkylation sites (N-methyl/N-ethyl adjacent to an activating group) is 1. The van der Waals surface area contributed by atoms with Crippen molar-refractivity contribution in [3.8, 4) is 11.3 Å². The van der Waals surface area contributed by atoms with Crippen LogP contribution in [-0.2, 0) is 13.0 Å². The standard InChI is InChI=1S/C20H18FN3O2S/c1-24-9-8-13-16(10-24)27-20-17(13)19(25)22-18(23-20)15-7-6-14(26-15)11-2-4-12(21)5-3-11/h2-7,18,23H,8-10H2,1H3,(H,22,25)/p+1/t18-/m0/s1. The SMILES string of the molecule is C[NH+]1CCc2c(sc3c2C(=O)N[C@H](c2ccc(-c4ccc(F)cc4)o2)N3)C1. The Bertz CT molecular complexity index is 1020. The highest BCUT2D eigenvalue weighted by Crippen LogP contribution is 2.39. The number of nitrogens with one attached hydrogen (secondary N) is 3. The highest BCUT2D eigenvalue weighted by molar-refractivity contribution is 7.16. The number of benzene rings is 1. The fraction of sp³-hybridized carbons (Fsp3) is 0.250. The van der Waals surface area contributed by atoms with Crippen molar-refractivity contribution < 1.29 is 18.5 Å². The number of anilines is 1. The maximum Gasteiger partial charge on any atom is 0.256 e. The van der Waals surface area contributed by atoms with E-state index >= 15 is 0 Å². The molecule has 0 aliphatic carbocycles. The van der Waals surface area contributed by atoms with Gasteiger partial charge in [-0.05, 0) is 42.0 Å². The lowest BCUT2D eigenvalue weighted by molar-refractivity contribution is -0.895. The molecule has 1 aromatic carbocycles. The molecule has 4 heterocycles. The molecule has 5 nitrogen and oxygen atoms in total. The molecule has 138 valence electrons. The molecule has 7 heteroatoms. The zero-order valence-corrected chi connectivity index (χ0v) is 15.6. The molecule has 2 aliphatic rings. The van der Waals surface area contributed by atoms with Crippen molar-refractivity contribution in [1.82, 2.24) is 5.32 Å². The van der Waals surface area contributed by atoms with E-state index in [9.17, 15) is 9.18 Å². The summed E-state index contributed by atoms with van der Waals surface area (Å²) in [4.78, 5) is 15.5. The van der Waals surface area contributed by atoms with E-state index in [4.69, 9.17) is 4.42 Å². The normalized spacial score (nSPS) is 21.2. The van der Waals surface area contributed by atoms with Gasteiger partial charge in [-0.1, -0.05) is 0 Å². The smallest absolute Gasteiger partial charge is 0.256 e. The molecule has 1 unspecified atom stereocenters. The van der Waals surface area contributed by atoms with E-state index in [1.54, 1.807) is 23.5 Å². The van der Waals surface area contributed by atoms with Crippen LogP contribution in [0.5, 0.6) is 0 Å². The maximum absolute atomic E-state index is 13.1. The third-order valence-corrected chi connectivity index (χ3v) is 6.34. The lowest BCUT2D eigenvalue weighted by Gasteiger charge is -2.25. The number of carbonyl (C=O) groups excluding carboxylic acids is 1. The van der Waals surface area contributed by atoms with Gasteiger partial charge in [0.05, 0.1) is 24.0 Å². The van der Waals surface area contributed by atoms with Gasteiger partial charge in [0.15, 0.2) is 6.17 Å². The van der Waals surface area contributed by atoms with Crippen LogP contribution in [-0.4, -0.2) is 19.5 Å². The second-order valence-electron chi connectivity index (χ2n) is 7.10. The average Bonchev–Trinajstić information content (AvgIpc) is 3.26. The average molecular weight is 384 g/mol. The number of amides is 1. The van der Waals surface area contributed by atoms with Crippen LogP contribution in [0.1, 0.15) is 32.7 Å². The van der Waals surface area contributed by atoms with Crippen molar-refractivity contribution in [3.63, 3.8) is 0 Å².